The quantitative estimate of drug-likeness (QED) is 0.600. The summed E-state index contributed by atoms with van der Waals surface area (Å²) < 4.78 is 10.5. The van der Waals surface area contributed by atoms with Gasteiger partial charge in [0.05, 0.1) is 19.4 Å². The molecule has 0 aliphatic heterocycles. The molecule has 0 aliphatic rings. The highest BCUT2D eigenvalue weighted by atomic mass is 16.5. The normalized spacial score (nSPS) is 10.4. The Bertz CT molecular complexity index is 909. The first kappa shape index (κ1) is 20.2. The molecular formula is C22H23N3O4. The highest BCUT2D eigenvalue weighted by molar-refractivity contribution is 6.00. The fraction of sp³-hybridized carbons (Fsp3) is 0.182. The topological polar surface area (TPSA) is 83.8 Å². The lowest BCUT2D eigenvalue weighted by molar-refractivity contribution is 0.0666. The Morgan fingerprint density at radius 1 is 0.931 bits per heavy atom. The van der Waals surface area contributed by atoms with Crippen molar-refractivity contribution in [2.24, 2.45) is 0 Å². The van der Waals surface area contributed by atoms with E-state index < -0.39 is 0 Å². The first-order valence-corrected chi connectivity index (χ1v) is 9.19. The van der Waals surface area contributed by atoms with Crippen molar-refractivity contribution in [3.05, 3.63) is 84.3 Å². The van der Waals surface area contributed by atoms with Gasteiger partial charge in [-0.15, -0.1) is 0 Å². The minimum absolute atomic E-state index is 0.140. The second-order valence-corrected chi connectivity index (χ2v) is 6.32. The first-order chi connectivity index (χ1) is 14.2. The van der Waals surface area contributed by atoms with Crippen LogP contribution in [0.3, 0.4) is 0 Å². The third kappa shape index (κ3) is 5.95. The smallest absolute Gasteiger partial charge is 0.323 e. The van der Waals surface area contributed by atoms with Crippen molar-refractivity contribution < 1.29 is 18.7 Å². The van der Waals surface area contributed by atoms with E-state index in [1.54, 1.807) is 60.7 Å². The average molecular weight is 393 g/mol. The first-order valence-electron chi connectivity index (χ1n) is 9.19. The number of nitrogens with one attached hydrogen (secondary N) is 2. The molecule has 0 unspecified atom stereocenters. The molecule has 3 aromatic rings. The van der Waals surface area contributed by atoms with Gasteiger partial charge in [0.1, 0.15) is 5.76 Å². The van der Waals surface area contributed by atoms with Gasteiger partial charge in [0, 0.05) is 30.6 Å². The molecule has 29 heavy (non-hydrogen) atoms. The Kier molecular flexibility index (Phi) is 7.02. The van der Waals surface area contributed by atoms with Crippen LogP contribution in [0.5, 0.6) is 0 Å². The van der Waals surface area contributed by atoms with Gasteiger partial charge in [0.25, 0.3) is 5.91 Å². The number of urea groups is 1. The van der Waals surface area contributed by atoms with E-state index >= 15 is 0 Å². The summed E-state index contributed by atoms with van der Waals surface area (Å²) in [4.78, 5) is 26.6. The Morgan fingerprint density at radius 2 is 1.62 bits per heavy atom. The van der Waals surface area contributed by atoms with Crippen LogP contribution in [0, 0.1) is 0 Å². The third-order valence-corrected chi connectivity index (χ3v) is 4.20. The van der Waals surface area contributed by atoms with E-state index in [0.29, 0.717) is 42.4 Å². The average Bonchev–Trinajstić information content (AvgIpc) is 3.25. The minimum Gasteiger partial charge on any atom is -0.467 e. The fourth-order valence-electron chi connectivity index (χ4n) is 2.74. The Labute approximate surface area is 169 Å². The Hall–Kier alpha value is -3.58. The van der Waals surface area contributed by atoms with Crippen molar-refractivity contribution >= 4 is 23.3 Å². The van der Waals surface area contributed by atoms with E-state index in [1.165, 1.54) is 0 Å². The summed E-state index contributed by atoms with van der Waals surface area (Å²) >= 11 is 0. The van der Waals surface area contributed by atoms with Crippen molar-refractivity contribution in [3.63, 3.8) is 0 Å². The van der Waals surface area contributed by atoms with Crippen LogP contribution >= 0.6 is 0 Å². The number of benzene rings is 2. The number of furan rings is 1. The number of rotatable bonds is 8. The van der Waals surface area contributed by atoms with E-state index in [0.717, 1.165) is 0 Å². The molecule has 150 valence electrons. The van der Waals surface area contributed by atoms with Gasteiger partial charge in [0.15, 0.2) is 0 Å². The molecule has 7 nitrogen and oxygen atoms in total. The summed E-state index contributed by atoms with van der Waals surface area (Å²) in [5.74, 6) is 0.559. The second-order valence-electron chi connectivity index (χ2n) is 6.32. The SMILES string of the molecule is COCCN(Cc1ccco1)C(=O)c1ccc(NC(=O)Nc2ccccc2)cc1. The lowest BCUT2D eigenvalue weighted by atomic mass is 10.1. The molecule has 2 N–H and O–H groups in total. The molecule has 2 aromatic carbocycles. The standard InChI is InChI=1S/C22H23N3O4/c1-28-15-13-25(16-20-8-5-14-29-20)21(26)17-9-11-19(12-10-17)24-22(27)23-18-6-3-2-4-7-18/h2-12,14H,13,15-16H2,1H3,(H2,23,24,27). The van der Waals surface area contributed by atoms with Gasteiger partial charge in [0.2, 0.25) is 0 Å². The van der Waals surface area contributed by atoms with Crippen molar-refractivity contribution in [1.82, 2.24) is 4.90 Å². The maximum absolute atomic E-state index is 12.9. The summed E-state index contributed by atoms with van der Waals surface area (Å²) in [5, 5.41) is 5.49. The van der Waals surface area contributed by atoms with Crippen LogP contribution in [-0.4, -0.2) is 37.1 Å². The predicted molar refractivity (Wildman–Crippen MR) is 111 cm³/mol. The molecule has 7 heteroatoms. The number of anilines is 2. The van der Waals surface area contributed by atoms with Crippen molar-refractivity contribution in [2.75, 3.05) is 30.9 Å². The lowest BCUT2D eigenvalue weighted by Gasteiger charge is -2.21. The zero-order valence-electron chi connectivity index (χ0n) is 16.1. The van der Waals surface area contributed by atoms with Gasteiger partial charge in [-0.3, -0.25) is 4.79 Å². The van der Waals surface area contributed by atoms with Crippen LogP contribution in [0.15, 0.2) is 77.4 Å². The van der Waals surface area contributed by atoms with Gasteiger partial charge in [-0.05, 0) is 48.5 Å². The van der Waals surface area contributed by atoms with Crippen molar-refractivity contribution in [2.45, 2.75) is 6.54 Å². The minimum atomic E-state index is -0.352. The monoisotopic (exact) mass is 393 g/mol. The summed E-state index contributed by atoms with van der Waals surface area (Å²) in [6.07, 6.45) is 1.58. The summed E-state index contributed by atoms with van der Waals surface area (Å²) in [6, 6.07) is 19.2. The molecular weight excluding hydrogens is 370 g/mol. The molecule has 0 atom stereocenters. The number of hydrogen-bond donors (Lipinski definition) is 2. The zero-order chi connectivity index (χ0) is 20.5. The predicted octanol–water partition coefficient (Wildman–Crippen LogP) is 4.21. The number of nitrogens with zero attached hydrogens (tertiary/aromatic N) is 1. The van der Waals surface area contributed by atoms with Crippen LogP contribution < -0.4 is 10.6 Å². The molecule has 0 fully saturated rings. The summed E-state index contributed by atoms with van der Waals surface area (Å²) in [5.41, 5.74) is 1.80. The fourth-order valence-corrected chi connectivity index (χ4v) is 2.74. The van der Waals surface area contributed by atoms with E-state index in [1.807, 2.05) is 24.3 Å². The Morgan fingerprint density at radius 3 is 2.24 bits per heavy atom. The summed E-state index contributed by atoms with van der Waals surface area (Å²) in [7, 11) is 1.59. The molecule has 0 bridgehead atoms. The number of para-hydroxylation sites is 1. The number of ether oxygens (including phenoxy) is 1. The van der Waals surface area contributed by atoms with Crippen LogP contribution in [0.25, 0.3) is 0 Å². The largest absolute Gasteiger partial charge is 0.467 e. The zero-order valence-corrected chi connectivity index (χ0v) is 16.1. The van der Waals surface area contributed by atoms with Gasteiger partial charge < -0.3 is 24.7 Å². The third-order valence-electron chi connectivity index (χ3n) is 4.20. The van der Waals surface area contributed by atoms with Gasteiger partial charge >= 0.3 is 6.03 Å². The molecule has 3 rings (SSSR count). The lowest BCUT2D eigenvalue weighted by Crippen LogP contribution is -2.33. The molecule has 0 spiro atoms. The van der Waals surface area contributed by atoms with Gasteiger partial charge in [-0.25, -0.2) is 4.79 Å². The van der Waals surface area contributed by atoms with Crippen molar-refractivity contribution in [1.29, 1.82) is 0 Å². The highest BCUT2D eigenvalue weighted by Gasteiger charge is 2.17. The molecule has 0 aliphatic carbocycles. The number of amides is 3. The van der Waals surface area contributed by atoms with Crippen LogP contribution in [-0.2, 0) is 11.3 Å². The van der Waals surface area contributed by atoms with E-state index in [-0.39, 0.29) is 11.9 Å². The number of carbonyl (C=O) groups excluding carboxylic acids is 2. The molecule has 0 radical (unpaired) electrons. The van der Waals surface area contributed by atoms with Crippen LogP contribution in [0.2, 0.25) is 0 Å². The van der Waals surface area contributed by atoms with Gasteiger partial charge in [-0.2, -0.15) is 0 Å². The number of methoxy groups -OCH3 is 1. The van der Waals surface area contributed by atoms with Crippen LogP contribution in [0.4, 0.5) is 16.2 Å². The molecule has 0 saturated heterocycles. The highest BCUT2D eigenvalue weighted by Crippen LogP contribution is 2.15. The van der Waals surface area contributed by atoms with Crippen LogP contribution in [0.1, 0.15) is 16.1 Å². The molecule has 1 heterocycles. The number of hydrogen-bond acceptors (Lipinski definition) is 4. The second kappa shape index (κ2) is 10.1. The van der Waals surface area contributed by atoms with Crippen molar-refractivity contribution in [3.8, 4) is 0 Å². The maximum atomic E-state index is 12.9. The number of carbonyl (C=O) groups is 2. The van der Waals surface area contributed by atoms with Gasteiger partial charge in [-0.1, -0.05) is 18.2 Å². The Balaban J connectivity index is 1.62. The molecule has 0 saturated carbocycles. The molecule has 3 amide bonds. The van der Waals surface area contributed by atoms with E-state index in [2.05, 4.69) is 10.6 Å². The summed E-state index contributed by atoms with van der Waals surface area (Å²) in [6.45, 7) is 1.22. The maximum Gasteiger partial charge on any atom is 0.323 e. The van der Waals surface area contributed by atoms with E-state index in [9.17, 15) is 9.59 Å². The molecule has 1 aromatic heterocycles. The van der Waals surface area contributed by atoms with E-state index in [4.69, 9.17) is 9.15 Å².